The number of aliphatic imine (C=N–C) groups is 2. The topological polar surface area (TPSA) is 84.9 Å². The summed E-state index contributed by atoms with van der Waals surface area (Å²) >= 11 is 0. The van der Waals surface area contributed by atoms with Crippen LogP contribution in [-0.2, 0) is 9.59 Å². The highest BCUT2D eigenvalue weighted by Crippen LogP contribution is 2.32. The average Bonchev–Trinajstić information content (AvgIpc) is 2.11. The van der Waals surface area contributed by atoms with Crippen LogP contribution in [0.4, 0.5) is 17.1 Å². The maximum atomic E-state index is 10.00. The van der Waals surface area contributed by atoms with Crippen molar-refractivity contribution in [3.8, 4) is 0 Å². The minimum absolute atomic E-state index is 0.140. The van der Waals surface area contributed by atoms with E-state index in [1.54, 1.807) is 12.1 Å². The van der Waals surface area contributed by atoms with Crippen LogP contribution in [0.25, 0.3) is 0 Å². The van der Waals surface area contributed by atoms with Crippen molar-refractivity contribution in [3.05, 3.63) is 18.2 Å². The van der Waals surface area contributed by atoms with Crippen LogP contribution < -0.4 is 5.73 Å². The van der Waals surface area contributed by atoms with E-state index in [1.165, 1.54) is 18.2 Å². The van der Waals surface area contributed by atoms with E-state index in [-0.39, 0.29) is 17.1 Å². The number of carbonyl (C=O) groups excluding carboxylic acids is 2. The van der Waals surface area contributed by atoms with E-state index in [1.807, 2.05) is 0 Å². The molecule has 0 fully saturated rings. The fourth-order valence-corrected chi connectivity index (χ4v) is 0.856. The van der Waals surface area contributed by atoms with E-state index in [0.717, 1.165) is 0 Å². The van der Waals surface area contributed by atoms with Gasteiger partial charge in [0.2, 0.25) is 12.2 Å². The van der Waals surface area contributed by atoms with Crippen molar-refractivity contribution in [3.63, 3.8) is 0 Å². The third-order valence-electron chi connectivity index (χ3n) is 1.37. The molecule has 0 aromatic heterocycles. The first-order valence-electron chi connectivity index (χ1n) is 3.34. The molecule has 0 unspecified atom stereocenters. The summed E-state index contributed by atoms with van der Waals surface area (Å²) in [5.41, 5.74) is 6.09. The first kappa shape index (κ1) is 8.87. The van der Waals surface area contributed by atoms with Crippen molar-refractivity contribution < 1.29 is 9.59 Å². The molecule has 2 N–H and O–H groups in total. The summed E-state index contributed by atoms with van der Waals surface area (Å²) in [4.78, 5) is 26.6. The molecule has 0 heterocycles. The van der Waals surface area contributed by atoms with Gasteiger partial charge in [-0.25, -0.2) is 9.59 Å². The largest absolute Gasteiger partial charge is 0.397 e. The maximum Gasteiger partial charge on any atom is 0.240 e. The Kier molecular flexibility index (Phi) is 2.71. The van der Waals surface area contributed by atoms with E-state index in [2.05, 4.69) is 9.98 Å². The molecule has 0 spiro atoms. The van der Waals surface area contributed by atoms with Gasteiger partial charge in [0.05, 0.1) is 5.69 Å². The second-order valence-corrected chi connectivity index (χ2v) is 2.12. The number of para-hydroxylation sites is 1. The van der Waals surface area contributed by atoms with Gasteiger partial charge in [0, 0.05) is 0 Å². The number of anilines is 1. The number of nitrogens with two attached hydrogens (primary N) is 1. The van der Waals surface area contributed by atoms with Crippen molar-refractivity contribution in [1.82, 2.24) is 0 Å². The number of rotatable bonds is 2. The molecule has 5 nitrogen and oxygen atoms in total. The Labute approximate surface area is 73.6 Å². The van der Waals surface area contributed by atoms with Crippen LogP contribution in [0.3, 0.4) is 0 Å². The Bertz CT molecular complexity index is 415. The van der Waals surface area contributed by atoms with E-state index in [4.69, 9.17) is 5.73 Å². The third kappa shape index (κ3) is 1.87. The van der Waals surface area contributed by atoms with Crippen LogP contribution in [0.1, 0.15) is 0 Å². The first-order valence-corrected chi connectivity index (χ1v) is 3.34. The fourth-order valence-electron chi connectivity index (χ4n) is 0.856. The molecule has 1 aromatic rings. The summed E-state index contributed by atoms with van der Waals surface area (Å²) < 4.78 is 0. The number of hydrogen-bond donors (Lipinski definition) is 1. The lowest BCUT2D eigenvalue weighted by Gasteiger charge is -1.98. The van der Waals surface area contributed by atoms with Crippen molar-refractivity contribution in [2.45, 2.75) is 0 Å². The zero-order valence-electron chi connectivity index (χ0n) is 6.52. The SMILES string of the molecule is Nc1cccc(N=C=O)c1N=C=O. The molecule has 0 saturated heterocycles. The van der Waals surface area contributed by atoms with Gasteiger partial charge in [-0.3, -0.25) is 0 Å². The Morgan fingerprint density at radius 1 is 1.15 bits per heavy atom. The smallest absolute Gasteiger partial charge is 0.240 e. The van der Waals surface area contributed by atoms with Crippen LogP contribution in [0, 0.1) is 0 Å². The molecule has 0 aliphatic carbocycles. The summed E-state index contributed by atoms with van der Waals surface area (Å²) in [7, 11) is 0. The predicted molar refractivity (Wildman–Crippen MR) is 46.4 cm³/mol. The summed E-state index contributed by atoms with van der Waals surface area (Å²) in [5.74, 6) is 0. The van der Waals surface area contributed by atoms with Gasteiger partial charge < -0.3 is 5.73 Å². The molecule has 0 aliphatic heterocycles. The highest BCUT2D eigenvalue weighted by Gasteiger charge is 2.03. The van der Waals surface area contributed by atoms with Crippen LogP contribution in [0.2, 0.25) is 0 Å². The second kappa shape index (κ2) is 3.97. The van der Waals surface area contributed by atoms with Crippen LogP contribution in [0.15, 0.2) is 28.2 Å². The highest BCUT2D eigenvalue weighted by atomic mass is 16.1. The summed E-state index contributed by atoms with van der Waals surface area (Å²) in [6, 6.07) is 4.63. The number of benzene rings is 1. The first-order chi connectivity index (χ1) is 6.29. The Morgan fingerprint density at radius 3 is 2.46 bits per heavy atom. The molecule has 0 amide bonds. The lowest BCUT2D eigenvalue weighted by Crippen LogP contribution is -1.84. The van der Waals surface area contributed by atoms with Gasteiger partial charge in [0.15, 0.2) is 0 Å². The summed E-state index contributed by atoms with van der Waals surface area (Å²) in [5, 5.41) is 0. The van der Waals surface area contributed by atoms with Crippen molar-refractivity contribution >= 4 is 29.2 Å². The average molecular weight is 175 g/mol. The molecular weight excluding hydrogens is 170 g/mol. The molecule has 0 saturated carbocycles. The van der Waals surface area contributed by atoms with E-state index < -0.39 is 0 Å². The number of hydrogen-bond acceptors (Lipinski definition) is 5. The lowest BCUT2D eigenvalue weighted by molar-refractivity contribution is 0.564. The minimum atomic E-state index is 0.140. The van der Waals surface area contributed by atoms with Gasteiger partial charge in [-0.1, -0.05) is 6.07 Å². The van der Waals surface area contributed by atoms with E-state index >= 15 is 0 Å². The van der Waals surface area contributed by atoms with Gasteiger partial charge in [-0.05, 0) is 12.1 Å². The number of nitrogen functional groups attached to an aromatic ring is 1. The molecule has 1 rings (SSSR count). The minimum Gasteiger partial charge on any atom is -0.397 e. The van der Waals surface area contributed by atoms with Gasteiger partial charge >= 0.3 is 0 Å². The van der Waals surface area contributed by atoms with E-state index in [9.17, 15) is 9.59 Å². The lowest BCUT2D eigenvalue weighted by atomic mass is 10.2. The standard InChI is InChI=1S/C8H5N3O2/c9-6-2-1-3-7(10-4-12)8(6)11-5-13/h1-3H,9H2. The normalized spacial score (nSPS) is 8.31. The fraction of sp³-hybridized carbons (Fsp3) is 0. The Balaban J connectivity index is 3.41. The quantitative estimate of drug-likeness (QED) is 0.416. The molecule has 1 aromatic carbocycles. The second-order valence-electron chi connectivity index (χ2n) is 2.12. The summed E-state index contributed by atoms with van der Waals surface area (Å²) in [6.45, 7) is 0. The zero-order valence-corrected chi connectivity index (χ0v) is 6.52. The molecule has 0 bridgehead atoms. The zero-order chi connectivity index (χ0) is 9.68. The molecular formula is C8H5N3O2. The molecule has 0 aliphatic rings. The van der Waals surface area contributed by atoms with Crippen molar-refractivity contribution in [2.75, 3.05) is 5.73 Å². The van der Waals surface area contributed by atoms with Crippen LogP contribution >= 0.6 is 0 Å². The van der Waals surface area contributed by atoms with Gasteiger partial charge in [0.25, 0.3) is 0 Å². The molecule has 13 heavy (non-hydrogen) atoms. The highest BCUT2D eigenvalue weighted by molar-refractivity contribution is 5.79. The molecule has 0 radical (unpaired) electrons. The molecule has 64 valence electrons. The maximum absolute atomic E-state index is 10.00. The molecule has 0 atom stereocenters. The van der Waals surface area contributed by atoms with Gasteiger partial charge in [0.1, 0.15) is 11.4 Å². The van der Waals surface area contributed by atoms with Crippen molar-refractivity contribution in [2.24, 2.45) is 9.98 Å². The molecule has 5 heteroatoms. The van der Waals surface area contributed by atoms with Gasteiger partial charge in [-0.2, -0.15) is 9.98 Å². The predicted octanol–water partition coefficient (Wildman–Crippen LogP) is 1.20. The number of isocyanates is 2. The Morgan fingerprint density at radius 2 is 1.85 bits per heavy atom. The van der Waals surface area contributed by atoms with Crippen molar-refractivity contribution in [1.29, 1.82) is 0 Å². The number of nitrogens with zero attached hydrogens (tertiary/aromatic N) is 2. The summed E-state index contributed by atoms with van der Waals surface area (Å²) in [6.07, 6.45) is 2.67. The monoisotopic (exact) mass is 175 g/mol. The van der Waals surface area contributed by atoms with E-state index in [0.29, 0.717) is 0 Å². The third-order valence-corrected chi connectivity index (χ3v) is 1.37. The van der Waals surface area contributed by atoms with Crippen LogP contribution in [0.5, 0.6) is 0 Å². The van der Waals surface area contributed by atoms with Crippen LogP contribution in [-0.4, -0.2) is 12.2 Å². The Hall–Kier alpha value is -2.22. The van der Waals surface area contributed by atoms with Gasteiger partial charge in [-0.15, -0.1) is 0 Å².